The molecule has 0 amide bonds. The van der Waals surface area contributed by atoms with E-state index < -0.39 is 0 Å². The number of halogens is 2. The van der Waals surface area contributed by atoms with E-state index in [0.717, 1.165) is 35.1 Å². The first-order valence-electron chi connectivity index (χ1n) is 10.7. The van der Waals surface area contributed by atoms with Crippen molar-refractivity contribution in [3.05, 3.63) is 59.9 Å². The fourth-order valence-electron chi connectivity index (χ4n) is 4.30. The SMILES string of the molecule is CCCCCN1CC[C@@H](c2ccc(F)cc2)[C@H](CSc2nc3ccccc3s2)C1.Cl. The Bertz CT molecular complexity index is 882. The smallest absolute Gasteiger partial charge is 0.151 e. The molecule has 1 aliphatic rings. The Morgan fingerprint density at radius 1 is 1.13 bits per heavy atom. The maximum atomic E-state index is 13.4. The number of unbranched alkanes of at least 4 members (excludes halogenated alkanes) is 2. The number of hydrogen-bond donors (Lipinski definition) is 0. The van der Waals surface area contributed by atoms with Crippen LogP contribution in [0.2, 0.25) is 0 Å². The molecule has 6 heteroatoms. The van der Waals surface area contributed by atoms with Crippen molar-refractivity contribution < 1.29 is 4.39 Å². The normalized spacial score (nSPS) is 19.7. The first-order chi connectivity index (χ1) is 14.2. The van der Waals surface area contributed by atoms with E-state index in [-0.39, 0.29) is 18.2 Å². The number of thiazole rings is 1. The molecule has 1 fully saturated rings. The van der Waals surface area contributed by atoms with E-state index in [2.05, 4.69) is 36.1 Å². The number of piperidine rings is 1. The molecule has 2 nitrogen and oxygen atoms in total. The molecule has 2 heterocycles. The van der Waals surface area contributed by atoms with Crippen LogP contribution in [0.25, 0.3) is 10.2 Å². The minimum absolute atomic E-state index is 0. The van der Waals surface area contributed by atoms with Crippen LogP contribution in [0, 0.1) is 11.7 Å². The van der Waals surface area contributed by atoms with Crippen molar-refractivity contribution in [1.82, 2.24) is 9.88 Å². The molecule has 30 heavy (non-hydrogen) atoms. The molecule has 0 aliphatic carbocycles. The third kappa shape index (κ3) is 5.97. The fourth-order valence-corrected chi connectivity index (χ4v) is 6.57. The van der Waals surface area contributed by atoms with Gasteiger partial charge >= 0.3 is 0 Å². The van der Waals surface area contributed by atoms with Crippen LogP contribution >= 0.6 is 35.5 Å². The zero-order valence-electron chi connectivity index (χ0n) is 17.4. The van der Waals surface area contributed by atoms with Crippen LogP contribution in [-0.2, 0) is 0 Å². The van der Waals surface area contributed by atoms with Crippen LogP contribution in [0.5, 0.6) is 0 Å². The average molecular weight is 465 g/mol. The van der Waals surface area contributed by atoms with E-state index in [1.807, 2.05) is 23.9 Å². The lowest BCUT2D eigenvalue weighted by atomic mass is 9.81. The highest BCUT2D eigenvalue weighted by atomic mass is 35.5. The predicted molar refractivity (Wildman–Crippen MR) is 131 cm³/mol. The molecule has 1 saturated heterocycles. The number of para-hydroxylation sites is 1. The summed E-state index contributed by atoms with van der Waals surface area (Å²) in [7, 11) is 0. The van der Waals surface area contributed by atoms with Crippen LogP contribution in [-0.4, -0.2) is 35.3 Å². The van der Waals surface area contributed by atoms with Crippen LogP contribution in [0.4, 0.5) is 4.39 Å². The van der Waals surface area contributed by atoms with Crippen LogP contribution in [0.3, 0.4) is 0 Å². The monoisotopic (exact) mass is 464 g/mol. The van der Waals surface area contributed by atoms with E-state index in [1.54, 1.807) is 23.5 Å². The van der Waals surface area contributed by atoms with Crippen molar-refractivity contribution in [2.24, 2.45) is 5.92 Å². The quantitative estimate of drug-likeness (QED) is 0.258. The van der Waals surface area contributed by atoms with Gasteiger partial charge in [-0.15, -0.1) is 23.7 Å². The zero-order valence-corrected chi connectivity index (χ0v) is 19.9. The molecule has 4 rings (SSSR count). The Morgan fingerprint density at radius 3 is 2.70 bits per heavy atom. The predicted octanol–water partition coefficient (Wildman–Crippen LogP) is 7.25. The van der Waals surface area contributed by atoms with Crippen molar-refractivity contribution >= 4 is 45.7 Å². The Hall–Kier alpha value is -1.14. The summed E-state index contributed by atoms with van der Waals surface area (Å²) in [5.41, 5.74) is 2.38. The van der Waals surface area contributed by atoms with Gasteiger partial charge < -0.3 is 4.90 Å². The number of likely N-dealkylation sites (tertiary alicyclic amines) is 1. The molecule has 0 spiro atoms. The van der Waals surface area contributed by atoms with Crippen molar-refractivity contribution in [3.8, 4) is 0 Å². The largest absolute Gasteiger partial charge is 0.303 e. The zero-order chi connectivity index (χ0) is 20.1. The second-order valence-electron chi connectivity index (χ2n) is 7.97. The Balaban J connectivity index is 0.00000256. The second-order valence-corrected chi connectivity index (χ2v) is 10.3. The summed E-state index contributed by atoms with van der Waals surface area (Å²) >= 11 is 3.68. The van der Waals surface area contributed by atoms with E-state index in [0.29, 0.717) is 11.8 Å². The molecule has 1 aliphatic heterocycles. The third-order valence-corrected chi connectivity index (χ3v) is 8.26. The molecule has 0 bridgehead atoms. The average Bonchev–Trinajstić information content (AvgIpc) is 3.16. The molecular weight excluding hydrogens is 435 g/mol. The fraction of sp³-hybridized carbons (Fsp3) is 0.458. The van der Waals surface area contributed by atoms with Gasteiger partial charge in [-0.05, 0) is 67.6 Å². The summed E-state index contributed by atoms with van der Waals surface area (Å²) in [6.45, 7) is 5.74. The standard InChI is InChI=1S/C24H29FN2S2.ClH/c1-2-3-6-14-27-15-13-21(18-9-11-20(25)12-10-18)19(16-27)17-28-24-26-22-7-4-5-8-23(22)29-24;/h4-5,7-12,19,21H,2-3,6,13-17H2,1H3;1H/t19-,21-;/m0./s1. The van der Waals surface area contributed by atoms with Crippen molar-refractivity contribution in [2.75, 3.05) is 25.4 Å². The minimum Gasteiger partial charge on any atom is -0.303 e. The highest BCUT2D eigenvalue weighted by molar-refractivity contribution is 8.01. The van der Waals surface area contributed by atoms with Crippen LogP contribution in [0.15, 0.2) is 52.9 Å². The van der Waals surface area contributed by atoms with E-state index in [9.17, 15) is 4.39 Å². The lowest BCUT2D eigenvalue weighted by Crippen LogP contribution is -2.41. The van der Waals surface area contributed by atoms with Gasteiger partial charge in [-0.3, -0.25) is 0 Å². The highest BCUT2D eigenvalue weighted by Gasteiger charge is 2.30. The topological polar surface area (TPSA) is 16.1 Å². The van der Waals surface area contributed by atoms with Gasteiger partial charge in [-0.2, -0.15) is 0 Å². The molecular formula is C24H30ClFN2S2. The van der Waals surface area contributed by atoms with E-state index in [1.165, 1.54) is 36.1 Å². The van der Waals surface area contributed by atoms with E-state index in [4.69, 9.17) is 4.98 Å². The summed E-state index contributed by atoms with van der Waals surface area (Å²) in [4.78, 5) is 7.44. The Labute approximate surface area is 193 Å². The summed E-state index contributed by atoms with van der Waals surface area (Å²) in [6.07, 6.45) is 5.02. The molecule has 0 N–H and O–H groups in total. The number of thioether (sulfide) groups is 1. The summed E-state index contributed by atoms with van der Waals surface area (Å²) in [6, 6.07) is 15.6. The van der Waals surface area contributed by atoms with Gasteiger partial charge in [0.05, 0.1) is 10.2 Å². The van der Waals surface area contributed by atoms with E-state index >= 15 is 0 Å². The molecule has 0 unspecified atom stereocenters. The molecule has 0 saturated carbocycles. The van der Waals surface area contributed by atoms with Gasteiger partial charge in [0.1, 0.15) is 5.82 Å². The molecule has 2 aromatic carbocycles. The number of rotatable bonds is 8. The Kier molecular flexibility index (Phi) is 8.99. The summed E-state index contributed by atoms with van der Waals surface area (Å²) in [5, 5.41) is 0. The third-order valence-electron chi connectivity index (χ3n) is 5.89. The van der Waals surface area contributed by atoms with Crippen molar-refractivity contribution in [1.29, 1.82) is 0 Å². The first-order valence-corrected chi connectivity index (χ1v) is 12.5. The number of hydrogen-bond acceptors (Lipinski definition) is 4. The first kappa shape index (κ1) is 23.5. The highest BCUT2D eigenvalue weighted by Crippen LogP contribution is 2.38. The lowest BCUT2D eigenvalue weighted by molar-refractivity contribution is 0.163. The van der Waals surface area contributed by atoms with Crippen LogP contribution < -0.4 is 0 Å². The molecule has 2 atom stereocenters. The number of fused-ring (bicyclic) bond motifs is 1. The molecule has 1 aromatic heterocycles. The molecule has 0 radical (unpaired) electrons. The van der Waals surface area contributed by atoms with Gasteiger partial charge in [0, 0.05) is 12.3 Å². The number of benzene rings is 2. The molecule has 162 valence electrons. The summed E-state index contributed by atoms with van der Waals surface area (Å²) < 4.78 is 15.9. The number of nitrogens with zero attached hydrogens (tertiary/aromatic N) is 2. The van der Waals surface area contributed by atoms with Crippen molar-refractivity contribution in [2.45, 2.75) is 42.9 Å². The second kappa shape index (κ2) is 11.5. The van der Waals surface area contributed by atoms with Gasteiger partial charge in [-0.25, -0.2) is 9.37 Å². The van der Waals surface area contributed by atoms with Gasteiger partial charge in [0.15, 0.2) is 4.34 Å². The van der Waals surface area contributed by atoms with Gasteiger partial charge in [-0.1, -0.05) is 55.8 Å². The maximum absolute atomic E-state index is 13.4. The van der Waals surface area contributed by atoms with Gasteiger partial charge in [0.2, 0.25) is 0 Å². The summed E-state index contributed by atoms with van der Waals surface area (Å²) in [5.74, 6) is 1.98. The van der Waals surface area contributed by atoms with Crippen LogP contribution in [0.1, 0.15) is 44.1 Å². The minimum atomic E-state index is -0.147. The lowest BCUT2D eigenvalue weighted by Gasteiger charge is -2.39. The number of aromatic nitrogens is 1. The molecule has 3 aromatic rings. The Morgan fingerprint density at radius 2 is 1.93 bits per heavy atom. The van der Waals surface area contributed by atoms with Crippen molar-refractivity contribution in [3.63, 3.8) is 0 Å². The van der Waals surface area contributed by atoms with Gasteiger partial charge in [0.25, 0.3) is 0 Å². The maximum Gasteiger partial charge on any atom is 0.151 e.